The first-order valence-corrected chi connectivity index (χ1v) is 5.93. The topological polar surface area (TPSA) is 110 Å². The van der Waals surface area contributed by atoms with Crippen LogP contribution in [-0.2, 0) is 9.59 Å². The molecule has 6 N–H and O–H groups in total. The maximum Gasteiger partial charge on any atom is 0.237 e. The molecule has 6 nitrogen and oxygen atoms in total. The molecule has 0 radical (unpaired) electrons. The van der Waals surface area contributed by atoms with Crippen molar-refractivity contribution in [2.45, 2.75) is 44.8 Å². The van der Waals surface area contributed by atoms with Crippen molar-refractivity contribution in [1.29, 1.82) is 0 Å². The van der Waals surface area contributed by atoms with Gasteiger partial charge in [0.15, 0.2) is 0 Å². The highest BCUT2D eigenvalue weighted by Crippen LogP contribution is 1.96. The summed E-state index contributed by atoms with van der Waals surface area (Å²) in [6.45, 7) is 3.68. The third-order valence-corrected chi connectivity index (χ3v) is 2.31. The summed E-state index contributed by atoms with van der Waals surface area (Å²) in [5, 5.41) is 5.31. The summed E-state index contributed by atoms with van der Waals surface area (Å²) >= 11 is 0. The smallest absolute Gasteiger partial charge is 0.237 e. The van der Waals surface area contributed by atoms with Gasteiger partial charge >= 0.3 is 0 Å². The van der Waals surface area contributed by atoms with Crippen LogP contribution in [0.25, 0.3) is 0 Å². The van der Waals surface area contributed by atoms with Gasteiger partial charge in [0.25, 0.3) is 0 Å². The van der Waals surface area contributed by atoms with Gasteiger partial charge in [-0.2, -0.15) is 0 Å². The zero-order valence-corrected chi connectivity index (χ0v) is 10.9. The lowest BCUT2D eigenvalue weighted by atomic mass is 10.1. The Labute approximate surface area is 108 Å². The van der Waals surface area contributed by atoms with Crippen LogP contribution in [0.3, 0.4) is 0 Å². The fourth-order valence-electron chi connectivity index (χ4n) is 1.18. The molecule has 0 bridgehead atoms. The number of nitrogens with two attached hydrogens (primary N) is 2. The average Bonchev–Trinajstić information content (AvgIpc) is 2.31. The van der Waals surface area contributed by atoms with E-state index in [2.05, 4.69) is 16.6 Å². The van der Waals surface area contributed by atoms with Gasteiger partial charge in [0.2, 0.25) is 11.8 Å². The summed E-state index contributed by atoms with van der Waals surface area (Å²) < 4.78 is 0. The first-order valence-electron chi connectivity index (χ1n) is 5.93. The normalized spacial score (nSPS) is 15.1. The zero-order chi connectivity index (χ0) is 14.1. The van der Waals surface area contributed by atoms with E-state index in [0.717, 1.165) is 0 Å². The second-order valence-electron chi connectivity index (χ2n) is 4.24. The van der Waals surface area contributed by atoms with Gasteiger partial charge in [0.1, 0.15) is 0 Å². The molecule has 6 heteroatoms. The number of terminal acetylenes is 1. The van der Waals surface area contributed by atoms with E-state index in [1.54, 1.807) is 13.8 Å². The molecule has 0 fully saturated rings. The van der Waals surface area contributed by atoms with Gasteiger partial charge in [-0.05, 0) is 26.7 Å². The minimum absolute atomic E-state index is 0.202. The average molecular weight is 254 g/mol. The summed E-state index contributed by atoms with van der Waals surface area (Å²) in [5.74, 6) is 1.99. The molecule has 18 heavy (non-hydrogen) atoms. The predicted octanol–water partition coefficient (Wildman–Crippen LogP) is -1.30. The minimum atomic E-state index is -0.585. The third kappa shape index (κ3) is 6.89. The molecule has 102 valence electrons. The molecule has 0 rings (SSSR count). The Bertz CT molecular complexity index is 321. The van der Waals surface area contributed by atoms with E-state index >= 15 is 0 Å². The maximum atomic E-state index is 11.3. The number of hydrogen-bond donors (Lipinski definition) is 4. The van der Waals surface area contributed by atoms with E-state index in [-0.39, 0.29) is 17.9 Å². The van der Waals surface area contributed by atoms with Gasteiger partial charge in [0.05, 0.1) is 18.1 Å². The van der Waals surface area contributed by atoms with Crippen LogP contribution in [-0.4, -0.2) is 36.5 Å². The van der Waals surface area contributed by atoms with Crippen molar-refractivity contribution in [1.82, 2.24) is 10.6 Å². The fourth-order valence-corrected chi connectivity index (χ4v) is 1.18. The molecular weight excluding hydrogens is 232 g/mol. The molecule has 0 saturated carbocycles. The zero-order valence-electron chi connectivity index (χ0n) is 10.9. The molecular formula is C12H22N4O2. The van der Waals surface area contributed by atoms with Crippen molar-refractivity contribution >= 4 is 11.8 Å². The molecule has 0 aliphatic heterocycles. The molecule has 0 aliphatic carbocycles. The van der Waals surface area contributed by atoms with E-state index in [1.807, 2.05) is 0 Å². The van der Waals surface area contributed by atoms with Crippen LogP contribution in [0.4, 0.5) is 0 Å². The van der Waals surface area contributed by atoms with Crippen molar-refractivity contribution in [3.8, 4) is 12.3 Å². The lowest BCUT2D eigenvalue weighted by Crippen LogP contribution is -2.43. The summed E-state index contributed by atoms with van der Waals surface area (Å²) in [5.41, 5.74) is 10.8. The Morgan fingerprint density at radius 3 is 2.22 bits per heavy atom. The third-order valence-electron chi connectivity index (χ3n) is 2.31. The first-order chi connectivity index (χ1) is 8.38. The van der Waals surface area contributed by atoms with E-state index in [9.17, 15) is 9.59 Å². The monoisotopic (exact) mass is 254 g/mol. The predicted molar refractivity (Wildman–Crippen MR) is 70.3 cm³/mol. The van der Waals surface area contributed by atoms with E-state index < -0.39 is 12.1 Å². The summed E-state index contributed by atoms with van der Waals surface area (Å²) in [6, 6.07) is -1.47. The molecule has 3 atom stereocenters. The van der Waals surface area contributed by atoms with Crippen molar-refractivity contribution in [3.63, 3.8) is 0 Å². The number of carbonyl (C=O) groups excluding carboxylic acids is 2. The molecule has 2 amide bonds. The Hall–Kier alpha value is -1.58. The Morgan fingerprint density at radius 2 is 1.78 bits per heavy atom. The highest BCUT2D eigenvalue weighted by atomic mass is 16.2. The molecule has 0 aromatic rings. The quantitative estimate of drug-likeness (QED) is 0.334. The van der Waals surface area contributed by atoms with Gasteiger partial charge in [-0.1, -0.05) is 5.92 Å². The van der Waals surface area contributed by atoms with Crippen LogP contribution in [0.2, 0.25) is 0 Å². The molecule has 0 saturated heterocycles. The highest BCUT2D eigenvalue weighted by molar-refractivity contribution is 5.81. The van der Waals surface area contributed by atoms with E-state index in [0.29, 0.717) is 19.4 Å². The molecule has 0 spiro atoms. The van der Waals surface area contributed by atoms with Gasteiger partial charge in [-0.15, -0.1) is 6.42 Å². The van der Waals surface area contributed by atoms with Gasteiger partial charge in [-0.25, -0.2) is 0 Å². The molecule has 0 aliphatic rings. The molecule has 0 heterocycles. The SMILES string of the molecule is C#CC(CCCNC(=O)C(C)N)NC(=O)C(C)N. The molecule has 3 unspecified atom stereocenters. The van der Waals surface area contributed by atoms with Crippen LogP contribution in [0.5, 0.6) is 0 Å². The summed E-state index contributed by atoms with van der Waals surface area (Å²) in [6.07, 6.45) is 6.54. The van der Waals surface area contributed by atoms with Crippen LogP contribution >= 0.6 is 0 Å². The maximum absolute atomic E-state index is 11.3. The van der Waals surface area contributed by atoms with E-state index in [4.69, 9.17) is 17.9 Å². The Morgan fingerprint density at radius 1 is 1.22 bits per heavy atom. The number of hydrogen-bond acceptors (Lipinski definition) is 4. The van der Waals surface area contributed by atoms with Gasteiger partial charge in [0, 0.05) is 6.54 Å². The van der Waals surface area contributed by atoms with Crippen molar-refractivity contribution in [2.24, 2.45) is 11.5 Å². The fraction of sp³-hybridized carbons (Fsp3) is 0.667. The van der Waals surface area contributed by atoms with Gasteiger partial charge < -0.3 is 22.1 Å². The van der Waals surface area contributed by atoms with Crippen LogP contribution in [0.1, 0.15) is 26.7 Å². The van der Waals surface area contributed by atoms with E-state index in [1.165, 1.54) is 0 Å². The minimum Gasteiger partial charge on any atom is -0.355 e. The largest absolute Gasteiger partial charge is 0.355 e. The molecule has 0 aromatic heterocycles. The van der Waals surface area contributed by atoms with Crippen LogP contribution < -0.4 is 22.1 Å². The Kier molecular flexibility index (Phi) is 7.76. The van der Waals surface area contributed by atoms with Crippen LogP contribution in [0.15, 0.2) is 0 Å². The second-order valence-corrected chi connectivity index (χ2v) is 4.24. The number of nitrogens with one attached hydrogen (secondary N) is 2. The first kappa shape index (κ1) is 16.4. The standard InChI is InChI=1S/C12H22N4O2/c1-4-10(16-12(18)9(3)14)6-5-7-15-11(17)8(2)13/h1,8-10H,5-7,13-14H2,2-3H3,(H,15,17)(H,16,18). The van der Waals surface area contributed by atoms with Crippen LogP contribution in [0, 0.1) is 12.3 Å². The summed E-state index contributed by atoms with van der Waals surface area (Å²) in [4.78, 5) is 22.5. The number of amides is 2. The number of rotatable bonds is 7. The number of carbonyl (C=O) groups is 2. The van der Waals surface area contributed by atoms with Gasteiger partial charge in [-0.3, -0.25) is 9.59 Å². The Balaban J connectivity index is 3.86. The lowest BCUT2D eigenvalue weighted by Gasteiger charge is -2.15. The molecule has 0 aromatic carbocycles. The lowest BCUT2D eigenvalue weighted by molar-refractivity contribution is -0.123. The van der Waals surface area contributed by atoms with Crippen molar-refractivity contribution in [3.05, 3.63) is 0 Å². The van der Waals surface area contributed by atoms with Crippen molar-refractivity contribution < 1.29 is 9.59 Å². The second kappa shape index (κ2) is 8.50. The van der Waals surface area contributed by atoms with Crippen molar-refractivity contribution in [2.75, 3.05) is 6.54 Å². The summed E-state index contributed by atoms with van der Waals surface area (Å²) in [7, 11) is 0. The highest BCUT2D eigenvalue weighted by Gasteiger charge is 2.13.